The second kappa shape index (κ2) is 34.5. The molecule has 0 atom stereocenters. The van der Waals surface area contributed by atoms with Crippen LogP contribution in [0.15, 0.2) is 270 Å². The van der Waals surface area contributed by atoms with Crippen LogP contribution in [0.5, 0.6) is 0 Å². The first kappa shape index (κ1) is 79.6. The number of nitrogens with two attached hydrogens (primary N) is 1. The molecule has 0 spiro atoms. The lowest BCUT2D eigenvalue weighted by atomic mass is 10.0. The Morgan fingerprint density at radius 3 is 0.977 bits per heavy atom. The van der Waals surface area contributed by atoms with Gasteiger partial charge >= 0.3 is 0 Å². The molecule has 24 aromatic rings. The third kappa shape index (κ3) is 16.1. The van der Waals surface area contributed by atoms with Gasteiger partial charge in [-0.05, 0) is 191 Å². The topological polar surface area (TPSA) is 417 Å². The largest absolute Gasteiger partial charge is 0.397 e. The van der Waals surface area contributed by atoms with Gasteiger partial charge in [-0.1, -0.05) is 51.1 Å². The van der Waals surface area contributed by atoms with Gasteiger partial charge in [-0.2, -0.15) is 65.7 Å². The maximum Gasteiger partial charge on any atom is 0.224 e. The highest BCUT2D eigenvalue weighted by Gasteiger charge is 2.24. The Balaban J connectivity index is 0.000000105. The standard InChI is InChI=1S/C27H23N7OS.C25H19N7OS.C22H15N7S.C22H14N6S/c1-15(2)7-24(35)30-19-8-18(10-28-11-19)16-3-4-22-20(9-16)26(34-33-22)27-31-23-13-29-12-21(25(23)32-27)17-5-6-36-14-17;1-2-22(33)28-17-7-16(9-26-10-17)14-3-4-20-18(8-14)24(32-31-20)25-29-21-12-27-11-19(23(21)30-25)15-5-6-34-13-15;23-15-5-14(7-24-8-15)12-1-2-18-16(6-12)21(29-28-18)22-26-19-10-25-9-17(20(19)27-22)13-3-4-30-11-13;1-2-14(9-23-6-1)13-3-4-18-16(8-13)21(28-27-18)22-25-19-11-24-10-17(20(19)26-22)15-5-7-29-12-15/h3-6,8-15H,7H2,1-2H3,(H,30,35)(H,31,32)(H,33,34);3-13H,2H2,1H3,(H,28,33)(H,29,30)(H,31,32);1-11H,23H2,(H,26,27)(H,28,29);1-12H,(H,25,26)(H,27,28). The molecule has 20 heterocycles. The molecule has 4 aromatic carbocycles. The van der Waals surface area contributed by atoms with E-state index in [9.17, 15) is 9.59 Å². The fourth-order valence-corrected chi connectivity index (χ4v) is 18.1. The quantitative estimate of drug-likeness (QED) is 0.0403. The maximum atomic E-state index is 12.2. The van der Waals surface area contributed by atoms with Crippen molar-refractivity contribution < 1.29 is 9.59 Å². The Labute approximate surface area is 747 Å². The summed E-state index contributed by atoms with van der Waals surface area (Å²) in [6, 6.07) is 42.5. The van der Waals surface area contributed by atoms with Gasteiger partial charge in [0.2, 0.25) is 11.8 Å². The molecule has 0 saturated carbocycles. The summed E-state index contributed by atoms with van der Waals surface area (Å²) in [5, 5.41) is 56.8. The number of fused-ring (bicyclic) bond motifs is 8. The second-order valence-electron chi connectivity index (χ2n) is 30.8. The number of aromatic amines is 8. The van der Waals surface area contributed by atoms with Crippen LogP contribution >= 0.6 is 45.3 Å². The van der Waals surface area contributed by atoms with Crippen molar-refractivity contribution in [1.82, 2.24) is 121 Å². The number of amides is 2. The van der Waals surface area contributed by atoms with E-state index in [1.54, 1.807) is 114 Å². The van der Waals surface area contributed by atoms with Crippen molar-refractivity contribution in [2.75, 3.05) is 16.4 Å². The average molecular weight is 1760 g/mol. The molecule has 0 fully saturated rings. The zero-order chi connectivity index (χ0) is 87.0. The van der Waals surface area contributed by atoms with Gasteiger partial charge in [-0.25, -0.2) is 19.9 Å². The first-order valence-electron chi connectivity index (χ1n) is 40.9. The van der Waals surface area contributed by atoms with Crippen molar-refractivity contribution in [2.24, 2.45) is 5.92 Å². The zero-order valence-corrected chi connectivity index (χ0v) is 71.9. The van der Waals surface area contributed by atoms with Gasteiger partial charge in [-0.15, -0.1) is 0 Å². The summed E-state index contributed by atoms with van der Waals surface area (Å²) in [7, 11) is 0. The van der Waals surface area contributed by atoms with Crippen molar-refractivity contribution in [3.8, 4) is 135 Å². The first-order valence-corrected chi connectivity index (χ1v) is 44.7. The predicted molar refractivity (Wildman–Crippen MR) is 513 cm³/mol. The Kier molecular flexibility index (Phi) is 21.3. The van der Waals surface area contributed by atoms with Crippen molar-refractivity contribution in [2.45, 2.75) is 33.6 Å². The predicted octanol–water partition coefficient (Wildman–Crippen LogP) is 22.1. The SMILES string of the molecule is CC(C)CC(=O)Nc1cncc(-c2ccc3[nH]nc(-c4nc5c(-c6ccsc6)cncc5[nH]4)c3c2)c1.CCC(=O)Nc1cncc(-c2ccc3[nH]nc(-c4nc5c(-c6ccsc6)cncc5[nH]4)c3c2)c1.Nc1cncc(-c2ccc3[nH]nc(-c4nc5c(-c6ccsc6)cncc5[nH]4)c3c2)c1.c1cncc(-c2ccc3[nH]nc(-c4nc5c(-c6ccsc6)cncc5[nH]4)c3c2)c1. The Hall–Kier alpha value is -16.6. The molecule has 0 bridgehead atoms. The maximum absolute atomic E-state index is 12.2. The van der Waals surface area contributed by atoms with Gasteiger partial charge in [0.15, 0.2) is 23.3 Å². The van der Waals surface area contributed by atoms with E-state index in [0.717, 1.165) is 205 Å². The minimum absolute atomic E-state index is 0.0160. The molecule has 0 saturated heterocycles. The number of benzene rings is 4. The van der Waals surface area contributed by atoms with E-state index in [-0.39, 0.29) is 11.8 Å². The van der Waals surface area contributed by atoms with Gasteiger partial charge in [0, 0.05) is 141 Å². The third-order valence-electron chi connectivity index (χ3n) is 21.8. The van der Waals surface area contributed by atoms with Crippen LogP contribution in [0.25, 0.3) is 223 Å². The summed E-state index contributed by atoms with van der Waals surface area (Å²) in [4.78, 5) is 91.6. The fourth-order valence-electron chi connectivity index (χ4n) is 15.5. The lowest BCUT2D eigenvalue weighted by molar-refractivity contribution is -0.117. The van der Waals surface area contributed by atoms with E-state index in [1.807, 2.05) is 135 Å². The molecular weight excluding hydrogens is 1690 g/mol. The van der Waals surface area contributed by atoms with Gasteiger partial charge in [0.25, 0.3) is 0 Å². The monoisotopic (exact) mass is 1760 g/mol. The van der Waals surface area contributed by atoms with Crippen molar-refractivity contribution in [3.05, 3.63) is 270 Å². The number of aromatic nitrogens is 24. The number of pyridine rings is 8. The highest BCUT2D eigenvalue weighted by atomic mass is 32.1. The Morgan fingerprint density at radius 2 is 0.659 bits per heavy atom. The molecule has 33 heteroatoms. The number of thiophene rings is 4. The number of hydrogen-bond acceptors (Lipinski definition) is 23. The second-order valence-corrected chi connectivity index (χ2v) is 33.9. The number of imidazole rings is 4. The molecule has 0 aliphatic heterocycles. The van der Waals surface area contributed by atoms with Gasteiger partial charge in [0.1, 0.15) is 44.8 Å². The molecule has 29 nitrogen and oxygen atoms in total. The molecule has 12 N–H and O–H groups in total. The number of hydrogen-bond donors (Lipinski definition) is 11. The van der Waals surface area contributed by atoms with Crippen LogP contribution in [-0.4, -0.2) is 132 Å². The summed E-state index contributed by atoms with van der Waals surface area (Å²) >= 11 is 6.60. The number of carbonyl (C=O) groups is 2. The van der Waals surface area contributed by atoms with Gasteiger partial charge in [0.05, 0.1) is 98.4 Å². The van der Waals surface area contributed by atoms with Crippen LogP contribution in [0.4, 0.5) is 17.1 Å². The Bertz CT molecular complexity index is 8220. The smallest absolute Gasteiger partial charge is 0.224 e. The Morgan fingerprint density at radius 1 is 0.333 bits per heavy atom. The van der Waals surface area contributed by atoms with Crippen LogP contribution in [0.1, 0.15) is 33.6 Å². The van der Waals surface area contributed by atoms with Gasteiger partial charge in [-0.3, -0.25) is 69.9 Å². The summed E-state index contributed by atoms with van der Waals surface area (Å²) in [5.74, 6) is 2.99. The first-order chi connectivity index (χ1) is 63.4. The number of carbonyl (C=O) groups excluding carboxylic acids is 2. The van der Waals surface area contributed by atoms with E-state index < -0.39 is 0 Å². The number of H-pyrrole nitrogens is 8. The minimum Gasteiger partial charge on any atom is -0.397 e. The molecule has 0 aliphatic rings. The lowest BCUT2D eigenvalue weighted by Gasteiger charge is -2.09. The molecular formula is C96H71N27O2S4. The summed E-state index contributed by atoms with van der Waals surface area (Å²) < 4.78 is 0. The highest BCUT2D eigenvalue weighted by molar-refractivity contribution is 7.09. The van der Waals surface area contributed by atoms with E-state index in [1.165, 1.54) is 0 Å². The van der Waals surface area contributed by atoms with Crippen LogP contribution in [0, 0.1) is 5.92 Å². The normalized spacial score (nSPS) is 11.4. The lowest BCUT2D eigenvalue weighted by Crippen LogP contribution is -2.13. The average Bonchev–Trinajstić information content (AvgIpc) is 1.63. The van der Waals surface area contributed by atoms with E-state index >= 15 is 0 Å². The number of rotatable bonds is 17. The summed E-state index contributed by atoms with van der Waals surface area (Å²) in [5.41, 5.74) is 37.8. The van der Waals surface area contributed by atoms with Crippen molar-refractivity contribution in [1.29, 1.82) is 0 Å². The molecule has 0 radical (unpaired) electrons. The zero-order valence-electron chi connectivity index (χ0n) is 68.7. The number of nitrogens with zero attached hydrogens (tertiary/aromatic N) is 16. The summed E-state index contributed by atoms with van der Waals surface area (Å²) in [6.07, 6.45) is 29.4. The molecule has 0 unspecified atom stereocenters. The molecule has 2 amide bonds. The van der Waals surface area contributed by atoms with E-state index in [0.29, 0.717) is 53.3 Å². The molecule has 129 heavy (non-hydrogen) atoms. The molecule has 0 aliphatic carbocycles. The summed E-state index contributed by atoms with van der Waals surface area (Å²) in [6.45, 7) is 5.86. The number of nitrogen functional groups attached to an aromatic ring is 1. The molecule has 20 aromatic heterocycles. The van der Waals surface area contributed by atoms with Gasteiger partial charge < -0.3 is 36.3 Å². The van der Waals surface area contributed by atoms with Crippen molar-refractivity contribution in [3.63, 3.8) is 0 Å². The fraction of sp³-hybridized carbons (Fsp3) is 0.0625. The van der Waals surface area contributed by atoms with Crippen molar-refractivity contribution >= 4 is 162 Å². The van der Waals surface area contributed by atoms with Crippen LogP contribution < -0.4 is 16.4 Å². The molecule has 24 rings (SSSR count). The third-order valence-corrected chi connectivity index (χ3v) is 24.5. The van der Waals surface area contributed by atoms with E-state index in [4.69, 9.17) is 25.7 Å². The van der Waals surface area contributed by atoms with E-state index in [2.05, 4.69) is 198 Å². The minimum atomic E-state index is -0.0484. The van der Waals surface area contributed by atoms with Crippen LogP contribution in [0.3, 0.4) is 0 Å². The van der Waals surface area contributed by atoms with Crippen LogP contribution in [-0.2, 0) is 9.59 Å². The molecule has 626 valence electrons. The highest BCUT2D eigenvalue weighted by Crippen LogP contribution is 2.41. The number of anilines is 3. The number of nitrogens with one attached hydrogen (secondary N) is 10. The van der Waals surface area contributed by atoms with Crippen LogP contribution in [0.2, 0.25) is 0 Å².